The van der Waals surface area contributed by atoms with E-state index in [0.29, 0.717) is 17.3 Å². The lowest BCUT2D eigenvalue weighted by atomic mass is 10.0. The molecule has 6 rings (SSSR count). The summed E-state index contributed by atoms with van der Waals surface area (Å²) in [6, 6.07) is 29.5. The summed E-state index contributed by atoms with van der Waals surface area (Å²) in [6.07, 6.45) is 2.81. The van der Waals surface area contributed by atoms with Crippen molar-refractivity contribution in [3.63, 3.8) is 0 Å². The fraction of sp³-hybridized carbons (Fsp3) is 0.161. The van der Waals surface area contributed by atoms with Crippen molar-refractivity contribution in [3.8, 4) is 11.5 Å². The SMILES string of the molecule is CCc1nn(-c2ccccc2)c2c1CN(C(=O)Nc1cccc(Cl)c1C)[C@@H](c1ccccc1)c1cccn1-2. The summed E-state index contributed by atoms with van der Waals surface area (Å²) in [5.74, 6) is 0.961. The highest BCUT2D eigenvalue weighted by molar-refractivity contribution is 6.31. The van der Waals surface area contributed by atoms with E-state index in [9.17, 15) is 4.79 Å². The molecule has 1 N–H and O–H groups in total. The largest absolute Gasteiger partial charge is 0.322 e. The third-order valence-corrected chi connectivity index (χ3v) is 7.60. The van der Waals surface area contributed by atoms with Gasteiger partial charge in [0.1, 0.15) is 5.82 Å². The molecule has 0 radical (unpaired) electrons. The number of aromatic nitrogens is 3. The number of hydrogen-bond donors (Lipinski definition) is 1. The molecule has 0 bridgehead atoms. The lowest BCUT2D eigenvalue weighted by molar-refractivity contribution is 0.194. The molecule has 0 saturated heterocycles. The first-order chi connectivity index (χ1) is 18.6. The van der Waals surface area contributed by atoms with Gasteiger partial charge in [0.05, 0.1) is 29.7 Å². The molecule has 1 aliphatic rings. The van der Waals surface area contributed by atoms with Crippen molar-refractivity contribution in [2.24, 2.45) is 0 Å². The van der Waals surface area contributed by atoms with Crippen molar-refractivity contribution in [1.29, 1.82) is 0 Å². The fourth-order valence-corrected chi connectivity index (χ4v) is 5.44. The second-order valence-corrected chi connectivity index (χ2v) is 9.84. The van der Waals surface area contributed by atoms with Crippen LogP contribution in [0.4, 0.5) is 10.5 Å². The Bertz CT molecular complexity index is 1610. The Morgan fingerprint density at radius 3 is 2.45 bits per heavy atom. The molecule has 1 atom stereocenters. The zero-order valence-corrected chi connectivity index (χ0v) is 22.1. The van der Waals surface area contributed by atoms with Crippen molar-refractivity contribution in [2.75, 3.05) is 5.32 Å². The number of aryl methyl sites for hydroxylation is 1. The van der Waals surface area contributed by atoms with Gasteiger partial charge in [0.2, 0.25) is 0 Å². The minimum Gasteiger partial charge on any atom is -0.307 e. The first-order valence-corrected chi connectivity index (χ1v) is 13.2. The van der Waals surface area contributed by atoms with Crippen LogP contribution >= 0.6 is 11.6 Å². The minimum atomic E-state index is -0.313. The number of carbonyl (C=O) groups is 1. The van der Waals surface area contributed by atoms with E-state index in [2.05, 4.69) is 53.3 Å². The Kier molecular flexibility index (Phi) is 6.26. The Balaban J connectivity index is 1.55. The van der Waals surface area contributed by atoms with Gasteiger partial charge in [-0.3, -0.25) is 0 Å². The first-order valence-electron chi connectivity index (χ1n) is 12.8. The smallest absolute Gasteiger partial charge is 0.307 e. The number of benzene rings is 3. The van der Waals surface area contributed by atoms with Gasteiger partial charge >= 0.3 is 6.03 Å². The summed E-state index contributed by atoms with van der Waals surface area (Å²) >= 11 is 6.37. The number of nitrogens with one attached hydrogen (secondary N) is 1. The van der Waals surface area contributed by atoms with Crippen molar-refractivity contribution in [1.82, 2.24) is 19.2 Å². The van der Waals surface area contributed by atoms with Crippen LogP contribution in [-0.4, -0.2) is 25.3 Å². The Morgan fingerprint density at radius 1 is 0.974 bits per heavy atom. The van der Waals surface area contributed by atoms with Gasteiger partial charge in [-0.1, -0.05) is 73.1 Å². The number of para-hydroxylation sites is 1. The number of carbonyl (C=O) groups excluding carboxylic acids is 1. The zero-order chi connectivity index (χ0) is 26.2. The molecule has 5 aromatic rings. The predicted molar refractivity (Wildman–Crippen MR) is 151 cm³/mol. The number of nitrogens with zero attached hydrogens (tertiary/aromatic N) is 4. The van der Waals surface area contributed by atoms with Crippen molar-refractivity contribution in [3.05, 3.63) is 130 Å². The van der Waals surface area contributed by atoms with Gasteiger partial charge in [0.15, 0.2) is 0 Å². The summed E-state index contributed by atoms with van der Waals surface area (Å²) < 4.78 is 4.19. The highest BCUT2D eigenvalue weighted by Crippen LogP contribution is 2.39. The average molecular weight is 522 g/mol. The van der Waals surface area contributed by atoms with Gasteiger partial charge in [-0.25, -0.2) is 9.48 Å². The topological polar surface area (TPSA) is 55.1 Å². The van der Waals surface area contributed by atoms with Crippen LogP contribution in [0.3, 0.4) is 0 Å². The van der Waals surface area contributed by atoms with Gasteiger partial charge in [-0.15, -0.1) is 0 Å². The van der Waals surface area contributed by atoms with Crippen LogP contribution < -0.4 is 5.32 Å². The summed E-state index contributed by atoms with van der Waals surface area (Å²) in [6.45, 7) is 4.42. The maximum atomic E-state index is 14.1. The third-order valence-electron chi connectivity index (χ3n) is 7.19. The molecule has 0 saturated carbocycles. The van der Waals surface area contributed by atoms with E-state index in [4.69, 9.17) is 16.7 Å². The van der Waals surface area contributed by atoms with E-state index in [1.807, 2.05) is 77.2 Å². The van der Waals surface area contributed by atoms with E-state index >= 15 is 0 Å². The van der Waals surface area contributed by atoms with Gasteiger partial charge < -0.3 is 14.8 Å². The third kappa shape index (κ3) is 4.07. The van der Waals surface area contributed by atoms with Gasteiger partial charge in [-0.2, -0.15) is 5.10 Å². The van der Waals surface area contributed by atoms with E-state index in [1.165, 1.54) is 0 Å². The summed E-state index contributed by atoms with van der Waals surface area (Å²) in [7, 11) is 0. The molecule has 190 valence electrons. The summed E-state index contributed by atoms with van der Waals surface area (Å²) in [5, 5.41) is 8.78. The van der Waals surface area contributed by atoms with E-state index < -0.39 is 0 Å². The number of halogens is 1. The van der Waals surface area contributed by atoms with Crippen LogP contribution in [0, 0.1) is 6.92 Å². The van der Waals surface area contributed by atoms with Crippen molar-refractivity contribution < 1.29 is 4.79 Å². The molecule has 6 nitrogen and oxygen atoms in total. The molecule has 0 aliphatic carbocycles. The molecule has 3 aromatic carbocycles. The molecule has 38 heavy (non-hydrogen) atoms. The second-order valence-electron chi connectivity index (χ2n) is 9.44. The number of anilines is 1. The quantitative estimate of drug-likeness (QED) is 0.269. The summed E-state index contributed by atoms with van der Waals surface area (Å²) in [5.41, 5.74) is 6.54. The molecule has 0 fully saturated rings. The number of urea groups is 1. The number of hydrogen-bond acceptors (Lipinski definition) is 2. The lowest BCUT2D eigenvalue weighted by Crippen LogP contribution is -2.38. The molecule has 0 spiro atoms. The molecule has 0 unspecified atom stereocenters. The minimum absolute atomic E-state index is 0.195. The molecule has 7 heteroatoms. The van der Waals surface area contributed by atoms with Crippen LogP contribution in [-0.2, 0) is 13.0 Å². The summed E-state index contributed by atoms with van der Waals surface area (Å²) in [4.78, 5) is 16.0. The van der Waals surface area contributed by atoms with Gasteiger partial charge in [-0.05, 0) is 60.9 Å². The maximum Gasteiger partial charge on any atom is 0.322 e. The highest BCUT2D eigenvalue weighted by Gasteiger charge is 2.36. The molecular weight excluding hydrogens is 494 g/mol. The van der Waals surface area contributed by atoms with Gasteiger partial charge in [0.25, 0.3) is 0 Å². The molecule has 3 heterocycles. The molecule has 2 aromatic heterocycles. The average Bonchev–Trinajstić information content (AvgIpc) is 3.53. The van der Waals surface area contributed by atoms with E-state index in [-0.39, 0.29) is 12.1 Å². The standard InChI is InChI=1S/C31H28ClN5O/c1-3-26-24-20-36(31(38)33-27-17-10-16-25(32)21(27)2)29(22-12-6-4-7-13-22)28-18-11-19-35(28)30(24)37(34-26)23-14-8-5-9-15-23/h4-19,29H,3,20H2,1-2H3,(H,33,38)/t29-/m0/s1. The maximum absolute atomic E-state index is 14.1. The lowest BCUT2D eigenvalue weighted by Gasteiger charge is -2.31. The number of rotatable bonds is 4. The first kappa shape index (κ1) is 24.1. The van der Waals surface area contributed by atoms with Crippen LogP contribution in [0.15, 0.2) is 97.2 Å². The number of amides is 2. The van der Waals surface area contributed by atoms with Crippen LogP contribution in [0.2, 0.25) is 5.02 Å². The number of fused-ring (bicyclic) bond motifs is 3. The second kappa shape index (κ2) is 9.88. The Labute approximate surface area is 227 Å². The predicted octanol–water partition coefficient (Wildman–Crippen LogP) is 7.32. The van der Waals surface area contributed by atoms with Crippen LogP contribution in [0.1, 0.15) is 41.0 Å². The molecule has 2 amide bonds. The zero-order valence-electron chi connectivity index (χ0n) is 21.3. The van der Waals surface area contributed by atoms with Crippen LogP contribution in [0.25, 0.3) is 11.5 Å². The highest BCUT2D eigenvalue weighted by atomic mass is 35.5. The van der Waals surface area contributed by atoms with E-state index in [0.717, 1.165) is 46.0 Å². The molecular formula is C31H28ClN5O. The van der Waals surface area contributed by atoms with Crippen molar-refractivity contribution in [2.45, 2.75) is 32.9 Å². The van der Waals surface area contributed by atoms with Crippen LogP contribution in [0.5, 0.6) is 0 Å². The Hall–Kier alpha value is -4.29. The monoisotopic (exact) mass is 521 g/mol. The van der Waals surface area contributed by atoms with Gasteiger partial charge in [0, 0.05) is 22.5 Å². The molecule has 1 aliphatic heterocycles. The van der Waals surface area contributed by atoms with Crippen molar-refractivity contribution >= 4 is 23.3 Å². The normalized spacial score (nSPS) is 14.5. The van der Waals surface area contributed by atoms with E-state index in [1.54, 1.807) is 0 Å². The fourth-order valence-electron chi connectivity index (χ4n) is 5.26. The Morgan fingerprint density at radius 2 is 1.71 bits per heavy atom.